The summed E-state index contributed by atoms with van der Waals surface area (Å²) in [5.41, 5.74) is 1.27. The zero-order valence-electron chi connectivity index (χ0n) is 9.24. The predicted molar refractivity (Wildman–Crippen MR) is 59.5 cm³/mol. The van der Waals surface area contributed by atoms with Gasteiger partial charge in [-0.25, -0.2) is 8.78 Å². The Morgan fingerprint density at radius 2 is 2.18 bits per heavy atom. The van der Waals surface area contributed by atoms with Gasteiger partial charge in [0.1, 0.15) is 0 Å². The zero-order chi connectivity index (χ0) is 12.7. The van der Waals surface area contributed by atoms with Gasteiger partial charge in [0.05, 0.1) is 17.7 Å². The molecule has 0 saturated heterocycles. The van der Waals surface area contributed by atoms with Gasteiger partial charge in [-0.15, -0.1) is 0 Å². The first-order chi connectivity index (χ1) is 8.17. The van der Waals surface area contributed by atoms with Crippen LogP contribution in [-0.4, -0.2) is 24.2 Å². The highest BCUT2D eigenvalue weighted by molar-refractivity contribution is 5.32. The van der Waals surface area contributed by atoms with E-state index in [4.69, 9.17) is 10.4 Å². The van der Waals surface area contributed by atoms with Gasteiger partial charge in [0, 0.05) is 13.2 Å². The maximum atomic E-state index is 12.5. The van der Waals surface area contributed by atoms with Gasteiger partial charge >= 0.3 is 0 Å². The number of benzene rings is 1. The quantitative estimate of drug-likeness (QED) is 0.795. The Morgan fingerprint density at radius 1 is 1.41 bits per heavy atom. The minimum atomic E-state index is -2.51. The molecule has 17 heavy (non-hydrogen) atoms. The van der Waals surface area contributed by atoms with Gasteiger partial charge in [0.25, 0.3) is 6.43 Å². The van der Waals surface area contributed by atoms with Crippen molar-refractivity contribution < 1.29 is 13.9 Å². The molecule has 0 bridgehead atoms. The molecule has 92 valence electrons. The van der Waals surface area contributed by atoms with Crippen molar-refractivity contribution in [1.29, 1.82) is 5.26 Å². The summed E-state index contributed by atoms with van der Waals surface area (Å²) in [4.78, 5) is 0. The fourth-order valence-electron chi connectivity index (χ4n) is 1.46. The molecule has 1 rings (SSSR count). The molecule has 1 aromatic rings. The van der Waals surface area contributed by atoms with Crippen LogP contribution in [0.5, 0.6) is 0 Å². The van der Waals surface area contributed by atoms with Crippen molar-refractivity contribution in [3.63, 3.8) is 0 Å². The van der Waals surface area contributed by atoms with Crippen molar-refractivity contribution in [1.82, 2.24) is 5.32 Å². The van der Waals surface area contributed by atoms with E-state index in [2.05, 4.69) is 5.32 Å². The summed E-state index contributed by atoms with van der Waals surface area (Å²) in [7, 11) is 0. The highest BCUT2D eigenvalue weighted by Crippen LogP contribution is 2.08. The molecule has 2 N–H and O–H groups in total. The summed E-state index contributed by atoms with van der Waals surface area (Å²) < 4.78 is 25.0. The van der Waals surface area contributed by atoms with E-state index in [1.165, 1.54) is 0 Å². The Hall–Kier alpha value is -1.51. The smallest absolute Gasteiger partial charge is 0.253 e. The molecular weight excluding hydrogens is 226 g/mol. The maximum absolute atomic E-state index is 12.5. The lowest BCUT2D eigenvalue weighted by Gasteiger charge is -2.16. The molecule has 0 radical (unpaired) electrons. The molecule has 0 amide bonds. The number of nitriles is 1. The van der Waals surface area contributed by atoms with Gasteiger partial charge in [-0.05, 0) is 24.1 Å². The second kappa shape index (κ2) is 6.94. The lowest BCUT2D eigenvalue weighted by atomic mass is 10.1. The molecular formula is C12H14F2N2O. The minimum Gasteiger partial charge on any atom is -0.396 e. The lowest BCUT2D eigenvalue weighted by Crippen LogP contribution is -2.35. The molecule has 1 atom stereocenters. The van der Waals surface area contributed by atoms with E-state index in [0.29, 0.717) is 5.56 Å². The first kappa shape index (κ1) is 13.6. The number of hydrogen-bond donors (Lipinski definition) is 2. The van der Waals surface area contributed by atoms with Crippen LogP contribution in [0, 0.1) is 11.3 Å². The van der Waals surface area contributed by atoms with Gasteiger partial charge < -0.3 is 10.4 Å². The largest absolute Gasteiger partial charge is 0.396 e. The molecule has 0 aliphatic carbocycles. The number of aliphatic hydroxyl groups is 1. The normalized spacial score (nSPS) is 12.4. The Bertz CT molecular complexity index is 390. The summed E-state index contributed by atoms with van der Waals surface area (Å²) in [5.74, 6) is 0. The van der Waals surface area contributed by atoms with Crippen molar-refractivity contribution in [3.8, 4) is 6.07 Å². The van der Waals surface area contributed by atoms with Crippen molar-refractivity contribution in [2.45, 2.75) is 25.4 Å². The fraction of sp³-hybridized carbons (Fsp3) is 0.417. The Kier molecular flexibility index (Phi) is 5.53. The van der Waals surface area contributed by atoms with Crippen molar-refractivity contribution in [2.75, 3.05) is 6.61 Å². The van der Waals surface area contributed by atoms with Crippen LogP contribution in [0.3, 0.4) is 0 Å². The molecule has 0 aliphatic rings. The number of aliphatic hydroxyl groups excluding tert-OH is 1. The van der Waals surface area contributed by atoms with E-state index in [0.717, 1.165) is 5.56 Å². The van der Waals surface area contributed by atoms with Gasteiger partial charge in [-0.2, -0.15) is 5.26 Å². The summed E-state index contributed by atoms with van der Waals surface area (Å²) >= 11 is 0. The maximum Gasteiger partial charge on any atom is 0.253 e. The monoisotopic (exact) mass is 240 g/mol. The van der Waals surface area contributed by atoms with Gasteiger partial charge in [-0.1, -0.05) is 12.1 Å². The average molecular weight is 240 g/mol. The molecule has 0 aliphatic heterocycles. The van der Waals surface area contributed by atoms with E-state index in [1.807, 2.05) is 6.07 Å². The summed E-state index contributed by atoms with van der Waals surface area (Å²) in [5, 5.41) is 20.0. The first-order valence-corrected chi connectivity index (χ1v) is 5.29. The summed E-state index contributed by atoms with van der Waals surface area (Å²) in [6, 6.07) is 7.73. The van der Waals surface area contributed by atoms with E-state index in [-0.39, 0.29) is 19.6 Å². The van der Waals surface area contributed by atoms with Crippen LogP contribution in [0.4, 0.5) is 8.78 Å². The van der Waals surface area contributed by atoms with Crippen LogP contribution in [0.2, 0.25) is 0 Å². The molecule has 1 unspecified atom stereocenters. The standard InChI is InChI=1S/C12H14F2N2O/c13-12(14)11(4-5-17)16-8-10-3-1-2-9(6-10)7-15/h1-3,6,11-12,16-17H,4-5,8H2. The molecule has 1 aromatic carbocycles. The van der Waals surface area contributed by atoms with Gasteiger partial charge in [0.2, 0.25) is 0 Å². The summed E-state index contributed by atoms with van der Waals surface area (Å²) in [6.45, 7) is -0.0230. The molecule has 0 saturated carbocycles. The van der Waals surface area contributed by atoms with E-state index in [9.17, 15) is 8.78 Å². The van der Waals surface area contributed by atoms with Crippen LogP contribution >= 0.6 is 0 Å². The van der Waals surface area contributed by atoms with E-state index in [1.54, 1.807) is 24.3 Å². The van der Waals surface area contributed by atoms with Gasteiger partial charge in [-0.3, -0.25) is 0 Å². The highest BCUT2D eigenvalue weighted by atomic mass is 19.3. The number of halogens is 2. The van der Waals surface area contributed by atoms with Crippen molar-refractivity contribution in [3.05, 3.63) is 35.4 Å². The topological polar surface area (TPSA) is 56.0 Å². The lowest BCUT2D eigenvalue weighted by molar-refractivity contribution is 0.0826. The number of hydrogen-bond acceptors (Lipinski definition) is 3. The molecule has 0 fully saturated rings. The Labute approximate surface area is 98.7 Å². The van der Waals surface area contributed by atoms with E-state index >= 15 is 0 Å². The first-order valence-electron chi connectivity index (χ1n) is 5.29. The second-order valence-corrected chi connectivity index (χ2v) is 3.65. The number of rotatable bonds is 6. The Balaban J connectivity index is 2.56. The molecule has 0 aromatic heterocycles. The predicted octanol–water partition coefficient (Wildman–Crippen LogP) is 1.66. The number of alkyl halides is 2. The van der Waals surface area contributed by atoms with Crippen LogP contribution in [0.15, 0.2) is 24.3 Å². The van der Waals surface area contributed by atoms with Crippen molar-refractivity contribution >= 4 is 0 Å². The zero-order valence-corrected chi connectivity index (χ0v) is 9.24. The third-order valence-corrected chi connectivity index (χ3v) is 2.37. The number of nitrogens with zero attached hydrogens (tertiary/aromatic N) is 1. The minimum absolute atomic E-state index is 0.00953. The Morgan fingerprint density at radius 3 is 2.76 bits per heavy atom. The SMILES string of the molecule is N#Cc1cccc(CNC(CCO)C(F)F)c1. The highest BCUT2D eigenvalue weighted by Gasteiger charge is 2.18. The third kappa shape index (κ3) is 4.47. The number of nitrogens with one attached hydrogen (secondary N) is 1. The fourth-order valence-corrected chi connectivity index (χ4v) is 1.46. The van der Waals surface area contributed by atoms with Crippen LogP contribution < -0.4 is 5.32 Å². The van der Waals surface area contributed by atoms with Crippen molar-refractivity contribution in [2.24, 2.45) is 0 Å². The van der Waals surface area contributed by atoms with E-state index < -0.39 is 12.5 Å². The molecule has 5 heteroatoms. The average Bonchev–Trinajstić information content (AvgIpc) is 2.34. The van der Waals surface area contributed by atoms with Gasteiger partial charge in [0.15, 0.2) is 0 Å². The van der Waals surface area contributed by atoms with Crippen LogP contribution in [0.1, 0.15) is 17.5 Å². The summed E-state index contributed by atoms with van der Waals surface area (Å²) in [6.07, 6.45) is -2.50. The molecule has 0 heterocycles. The molecule has 0 spiro atoms. The molecule has 3 nitrogen and oxygen atoms in total. The third-order valence-electron chi connectivity index (χ3n) is 2.37. The van der Waals surface area contributed by atoms with Crippen LogP contribution in [-0.2, 0) is 6.54 Å². The van der Waals surface area contributed by atoms with Crippen LogP contribution in [0.25, 0.3) is 0 Å². The second-order valence-electron chi connectivity index (χ2n) is 3.65.